The smallest absolute Gasteiger partial charge is 0.267 e. The highest BCUT2D eigenvalue weighted by Gasteiger charge is 2.30. The van der Waals surface area contributed by atoms with E-state index in [4.69, 9.17) is 16.7 Å². The summed E-state index contributed by atoms with van der Waals surface area (Å²) in [7, 11) is -3.98. The molecule has 0 saturated heterocycles. The van der Waals surface area contributed by atoms with Crippen LogP contribution >= 0.6 is 11.6 Å². The van der Waals surface area contributed by atoms with Crippen LogP contribution in [0.15, 0.2) is 58.4 Å². The number of sulfonamides is 1. The second-order valence-electron chi connectivity index (χ2n) is 6.21. The van der Waals surface area contributed by atoms with Gasteiger partial charge in [-0.3, -0.25) is 4.79 Å². The van der Waals surface area contributed by atoms with Gasteiger partial charge in [0.2, 0.25) is 10.0 Å². The Labute approximate surface area is 172 Å². The van der Waals surface area contributed by atoms with E-state index in [1.807, 2.05) is 0 Å². The predicted molar refractivity (Wildman–Crippen MR) is 102 cm³/mol. The molecule has 0 atom stereocenters. The molecular weight excluding hydrogens is 450 g/mol. The molecule has 0 aliphatic heterocycles. The van der Waals surface area contributed by atoms with Gasteiger partial charge in [-0.15, -0.1) is 0 Å². The van der Waals surface area contributed by atoms with Crippen molar-refractivity contribution in [2.24, 2.45) is 5.14 Å². The SMILES string of the molecule is NS(=O)(=O)c1ccc(-c2cnn(CC(F)(F)F)c(=O)c2-c2ccc(Cl)c(F)c2)cc1. The molecule has 2 N–H and O–H groups in total. The number of aromatic nitrogens is 2. The first-order valence-electron chi connectivity index (χ1n) is 8.12. The van der Waals surface area contributed by atoms with Gasteiger partial charge in [0.05, 0.1) is 21.7 Å². The summed E-state index contributed by atoms with van der Waals surface area (Å²) >= 11 is 5.66. The van der Waals surface area contributed by atoms with Crippen molar-refractivity contribution in [3.63, 3.8) is 0 Å². The molecule has 0 spiro atoms. The van der Waals surface area contributed by atoms with Crippen LogP contribution in [-0.2, 0) is 16.6 Å². The number of nitrogens with zero attached hydrogens (tertiary/aromatic N) is 2. The molecule has 0 saturated carbocycles. The summed E-state index contributed by atoms with van der Waals surface area (Å²) in [5.74, 6) is -0.872. The molecule has 1 heterocycles. The second-order valence-corrected chi connectivity index (χ2v) is 8.18. The largest absolute Gasteiger partial charge is 0.408 e. The van der Waals surface area contributed by atoms with Crippen LogP contribution in [0.2, 0.25) is 5.02 Å². The standard InChI is InChI=1S/C18H12ClF4N3O3S/c19-14-6-3-11(7-15(14)20)16-13(8-25-26(17(16)27)9-18(21,22)23)10-1-4-12(5-2-10)30(24,28)29/h1-8H,9H2,(H2,24,28,29). The molecule has 0 aliphatic rings. The van der Waals surface area contributed by atoms with Gasteiger partial charge in [-0.05, 0) is 35.4 Å². The zero-order chi connectivity index (χ0) is 22.3. The number of halogens is 5. The third kappa shape index (κ3) is 4.69. The van der Waals surface area contributed by atoms with Crippen LogP contribution in [0.3, 0.4) is 0 Å². The minimum atomic E-state index is -4.71. The van der Waals surface area contributed by atoms with Gasteiger partial charge in [-0.25, -0.2) is 22.6 Å². The normalized spacial score (nSPS) is 12.2. The lowest BCUT2D eigenvalue weighted by molar-refractivity contribution is -0.143. The maximum absolute atomic E-state index is 14.0. The predicted octanol–water partition coefficient (Wildman–Crippen LogP) is 3.58. The van der Waals surface area contributed by atoms with Gasteiger partial charge in [-0.2, -0.15) is 18.3 Å². The molecule has 2 aromatic carbocycles. The minimum Gasteiger partial charge on any atom is -0.267 e. The fraction of sp³-hybridized carbons (Fsp3) is 0.111. The van der Waals surface area contributed by atoms with Crippen LogP contribution in [0.4, 0.5) is 17.6 Å². The van der Waals surface area contributed by atoms with Crippen molar-refractivity contribution in [1.82, 2.24) is 9.78 Å². The number of nitrogens with two attached hydrogens (primary N) is 1. The average molecular weight is 462 g/mol. The third-order valence-corrected chi connectivity index (χ3v) is 5.31. The lowest BCUT2D eigenvalue weighted by Crippen LogP contribution is -2.31. The molecule has 0 aliphatic carbocycles. The topological polar surface area (TPSA) is 95.1 Å². The van der Waals surface area contributed by atoms with E-state index < -0.39 is 34.1 Å². The molecule has 1 aromatic heterocycles. The Hall–Kier alpha value is -2.76. The Morgan fingerprint density at radius 3 is 2.20 bits per heavy atom. The summed E-state index contributed by atoms with van der Waals surface area (Å²) in [6.45, 7) is -1.64. The Balaban J connectivity index is 2.26. The maximum Gasteiger partial charge on any atom is 0.408 e. The summed E-state index contributed by atoms with van der Waals surface area (Å²) in [4.78, 5) is 12.6. The van der Waals surface area contributed by atoms with Gasteiger partial charge in [-0.1, -0.05) is 29.8 Å². The van der Waals surface area contributed by atoms with Gasteiger partial charge in [0.15, 0.2) is 0 Å². The zero-order valence-electron chi connectivity index (χ0n) is 14.8. The maximum atomic E-state index is 14.0. The van der Waals surface area contributed by atoms with Crippen molar-refractivity contribution < 1.29 is 26.0 Å². The number of benzene rings is 2. The first-order valence-corrected chi connectivity index (χ1v) is 10.0. The van der Waals surface area contributed by atoms with Crippen LogP contribution in [0.1, 0.15) is 0 Å². The fourth-order valence-electron chi connectivity index (χ4n) is 2.74. The molecule has 6 nitrogen and oxygen atoms in total. The van der Waals surface area contributed by atoms with Crippen LogP contribution in [-0.4, -0.2) is 24.4 Å². The highest BCUT2D eigenvalue weighted by Crippen LogP contribution is 2.31. The third-order valence-electron chi connectivity index (χ3n) is 4.08. The van der Waals surface area contributed by atoms with Crippen molar-refractivity contribution in [2.45, 2.75) is 17.6 Å². The fourth-order valence-corrected chi connectivity index (χ4v) is 3.38. The Morgan fingerprint density at radius 2 is 1.67 bits per heavy atom. The molecule has 0 unspecified atom stereocenters. The van der Waals surface area contributed by atoms with Crippen molar-refractivity contribution in [3.8, 4) is 22.3 Å². The van der Waals surface area contributed by atoms with Gasteiger partial charge >= 0.3 is 6.18 Å². The molecule has 12 heteroatoms. The van der Waals surface area contributed by atoms with Crippen LogP contribution in [0.5, 0.6) is 0 Å². The Kier molecular flexibility index (Phi) is 5.72. The highest BCUT2D eigenvalue weighted by atomic mass is 35.5. The summed E-state index contributed by atoms with van der Waals surface area (Å²) in [6.07, 6.45) is -3.70. The van der Waals surface area contributed by atoms with Gasteiger partial charge < -0.3 is 0 Å². The number of hydrogen-bond donors (Lipinski definition) is 1. The van der Waals surface area contributed by atoms with E-state index in [1.54, 1.807) is 0 Å². The summed E-state index contributed by atoms with van der Waals surface area (Å²) in [5, 5.41) is 8.37. The number of alkyl halides is 3. The number of rotatable bonds is 4. The Morgan fingerprint density at radius 1 is 1.07 bits per heavy atom. The lowest BCUT2D eigenvalue weighted by Gasteiger charge is -2.14. The monoisotopic (exact) mass is 461 g/mol. The minimum absolute atomic E-state index is 0.0225. The number of primary sulfonamides is 1. The molecule has 3 aromatic rings. The van der Waals surface area contributed by atoms with Crippen LogP contribution < -0.4 is 10.7 Å². The summed E-state index contributed by atoms with van der Waals surface area (Å²) < 4.78 is 75.4. The molecule has 0 radical (unpaired) electrons. The molecule has 30 heavy (non-hydrogen) atoms. The van der Waals surface area contributed by atoms with Crippen molar-refractivity contribution in [3.05, 3.63) is 69.9 Å². The van der Waals surface area contributed by atoms with Gasteiger partial charge in [0, 0.05) is 5.56 Å². The highest BCUT2D eigenvalue weighted by molar-refractivity contribution is 7.89. The van der Waals surface area contributed by atoms with Crippen LogP contribution in [0.25, 0.3) is 22.3 Å². The summed E-state index contributed by atoms with van der Waals surface area (Å²) in [5.41, 5.74) is -1.06. The lowest BCUT2D eigenvalue weighted by atomic mass is 9.97. The van der Waals surface area contributed by atoms with E-state index in [0.29, 0.717) is 0 Å². The van der Waals surface area contributed by atoms with E-state index >= 15 is 0 Å². The Bertz CT molecular complexity index is 1270. The second kappa shape index (κ2) is 7.82. The quantitative estimate of drug-likeness (QED) is 0.601. The van der Waals surface area contributed by atoms with Crippen molar-refractivity contribution >= 4 is 21.6 Å². The summed E-state index contributed by atoms with van der Waals surface area (Å²) in [6, 6.07) is 8.30. The van der Waals surface area contributed by atoms with Crippen LogP contribution in [0, 0.1) is 5.82 Å². The molecule has 158 valence electrons. The van der Waals surface area contributed by atoms with E-state index in [2.05, 4.69) is 5.10 Å². The van der Waals surface area contributed by atoms with E-state index in [-0.39, 0.29) is 36.9 Å². The molecule has 3 rings (SSSR count). The zero-order valence-corrected chi connectivity index (χ0v) is 16.4. The van der Waals surface area contributed by atoms with Crippen molar-refractivity contribution in [1.29, 1.82) is 0 Å². The molecule has 0 bridgehead atoms. The molecule has 0 amide bonds. The van der Waals surface area contributed by atoms with E-state index in [1.165, 1.54) is 18.2 Å². The molecule has 0 fully saturated rings. The van der Waals surface area contributed by atoms with Crippen molar-refractivity contribution in [2.75, 3.05) is 0 Å². The van der Waals surface area contributed by atoms with E-state index in [9.17, 15) is 30.8 Å². The first kappa shape index (κ1) is 21.9. The van der Waals surface area contributed by atoms with Gasteiger partial charge in [0.25, 0.3) is 5.56 Å². The molecular formula is C18H12ClF4N3O3S. The first-order chi connectivity index (χ1) is 13.9. The van der Waals surface area contributed by atoms with Gasteiger partial charge in [0.1, 0.15) is 12.4 Å². The number of hydrogen-bond acceptors (Lipinski definition) is 4. The van der Waals surface area contributed by atoms with E-state index in [0.717, 1.165) is 30.5 Å². The average Bonchev–Trinajstić information content (AvgIpc) is 2.64.